The average Bonchev–Trinajstić information content (AvgIpc) is 1.58. The number of hydrogen-bond donors (Lipinski definition) is 0. The van der Waals surface area contributed by atoms with Crippen molar-refractivity contribution in [3.05, 3.63) is 0 Å². The summed E-state index contributed by atoms with van der Waals surface area (Å²) in [5.41, 5.74) is 0. The molecule has 0 atom stereocenters. The lowest BCUT2D eigenvalue weighted by Crippen LogP contribution is -2.16. The molecule has 0 aromatic heterocycles. The Morgan fingerprint density at radius 3 is 1.60 bits per heavy atom. The molecule has 0 aliphatic rings. The predicted octanol–water partition coefficient (Wildman–Crippen LogP) is 2.06. The van der Waals surface area contributed by atoms with Gasteiger partial charge in [-0.15, -0.1) is 0 Å². The van der Waals surface area contributed by atoms with Gasteiger partial charge in [-0.3, -0.25) is 0 Å². The van der Waals surface area contributed by atoms with Gasteiger partial charge in [-0.25, -0.2) is 0 Å². The lowest BCUT2D eigenvalue weighted by Gasteiger charge is -2.13. The van der Waals surface area contributed by atoms with E-state index in [2.05, 4.69) is 24.4 Å². The van der Waals surface area contributed by atoms with Gasteiger partial charge in [0.25, 0.3) is 0 Å². The van der Waals surface area contributed by atoms with Crippen LogP contribution in [-0.2, 0) is 9.47 Å². The Bertz CT molecular complexity index is 129. The van der Waals surface area contributed by atoms with Crippen molar-refractivity contribution in [2.45, 2.75) is 27.1 Å². The van der Waals surface area contributed by atoms with E-state index in [-0.39, 0.29) is 6.29 Å². The van der Waals surface area contributed by atoms with E-state index in [0.717, 1.165) is 0 Å². The highest BCUT2D eigenvalue weighted by Gasteiger charge is 2.02. The molecule has 0 N–H and O–H groups in total. The zero-order valence-electron chi connectivity index (χ0n) is 6.21. The standard InChI is InChI=1S/C6H10O2S2/c1-4(7-5(2)9)8-6(3)10/h4H,1-3H3. The van der Waals surface area contributed by atoms with Gasteiger partial charge in [-0.05, 0) is 24.4 Å². The molecule has 0 fully saturated rings. The zero-order valence-corrected chi connectivity index (χ0v) is 7.84. The Balaban J connectivity index is 3.53. The van der Waals surface area contributed by atoms with E-state index in [4.69, 9.17) is 9.47 Å². The summed E-state index contributed by atoms with van der Waals surface area (Å²) < 4.78 is 9.97. The fourth-order valence-electron chi connectivity index (χ4n) is 0.491. The Hall–Kier alpha value is -0.220. The van der Waals surface area contributed by atoms with Gasteiger partial charge in [0.2, 0.25) is 6.29 Å². The average molecular weight is 178 g/mol. The van der Waals surface area contributed by atoms with Gasteiger partial charge < -0.3 is 9.47 Å². The van der Waals surface area contributed by atoms with Crippen LogP contribution in [0.4, 0.5) is 0 Å². The van der Waals surface area contributed by atoms with Crippen molar-refractivity contribution in [3.63, 3.8) is 0 Å². The van der Waals surface area contributed by atoms with E-state index in [1.54, 1.807) is 20.8 Å². The van der Waals surface area contributed by atoms with Gasteiger partial charge in [0.1, 0.15) is 0 Å². The van der Waals surface area contributed by atoms with Crippen LogP contribution in [0.2, 0.25) is 0 Å². The van der Waals surface area contributed by atoms with E-state index in [0.29, 0.717) is 10.1 Å². The second-order valence-corrected chi connectivity index (χ2v) is 2.94. The van der Waals surface area contributed by atoms with E-state index >= 15 is 0 Å². The van der Waals surface area contributed by atoms with Gasteiger partial charge in [-0.2, -0.15) is 0 Å². The molecule has 0 aliphatic carbocycles. The van der Waals surface area contributed by atoms with Crippen molar-refractivity contribution in [2.75, 3.05) is 0 Å². The molecule has 0 saturated carbocycles. The number of thiocarbonyl (C=S) groups is 2. The van der Waals surface area contributed by atoms with Crippen LogP contribution in [0, 0.1) is 0 Å². The van der Waals surface area contributed by atoms with E-state index in [1.807, 2.05) is 0 Å². The lowest BCUT2D eigenvalue weighted by molar-refractivity contribution is 0.00593. The predicted molar refractivity (Wildman–Crippen MR) is 48.2 cm³/mol. The van der Waals surface area contributed by atoms with Crippen LogP contribution in [0.5, 0.6) is 0 Å². The minimum atomic E-state index is -0.366. The van der Waals surface area contributed by atoms with E-state index < -0.39 is 0 Å². The van der Waals surface area contributed by atoms with Crippen LogP contribution < -0.4 is 0 Å². The van der Waals surface area contributed by atoms with E-state index in [1.165, 1.54) is 0 Å². The molecule has 0 saturated heterocycles. The third kappa shape index (κ3) is 5.91. The highest BCUT2D eigenvalue weighted by Crippen LogP contribution is 1.96. The van der Waals surface area contributed by atoms with Crippen molar-refractivity contribution in [2.24, 2.45) is 0 Å². The molecule has 0 aromatic carbocycles. The van der Waals surface area contributed by atoms with E-state index in [9.17, 15) is 0 Å². The molecule has 4 heteroatoms. The summed E-state index contributed by atoms with van der Waals surface area (Å²) in [6.45, 7) is 5.12. The molecule has 0 rings (SSSR count). The van der Waals surface area contributed by atoms with Crippen LogP contribution in [0.1, 0.15) is 20.8 Å². The normalized spacial score (nSPS) is 9.20. The third-order valence-electron chi connectivity index (χ3n) is 0.664. The van der Waals surface area contributed by atoms with Crippen molar-refractivity contribution in [3.8, 4) is 0 Å². The Labute approximate surface area is 71.5 Å². The Kier molecular flexibility index (Phi) is 4.47. The van der Waals surface area contributed by atoms with Crippen LogP contribution in [-0.4, -0.2) is 16.4 Å². The monoisotopic (exact) mass is 178 g/mol. The molecule has 0 aliphatic heterocycles. The van der Waals surface area contributed by atoms with Gasteiger partial charge in [0, 0.05) is 20.8 Å². The Morgan fingerprint density at radius 2 is 1.40 bits per heavy atom. The quantitative estimate of drug-likeness (QED) is 0.475. The first-order chi connectivity index (χ1) is 4.52. The molecule has 58 valence electrons. The highest BCUT2D eigenvalue weighted by molar-refractivity contribution is 7.80. The molecular weight excluding hydrogens is 168 g/mol. The molecule has 0 unspecified atom stereocenters. The maximum Gasteiger partial charge on any atom is 0.239 e. The minimum Gasteiger partial charge on any atom is -0.449 e. The molecule has 0 spiro atoms. The number of hydrogen-bond acceptors (Lipinski definition) is 4. The van der Waals surface area contributed by atoms with Crippen LogP contribution in [0.25, 0.3) is 0 Å². The van der Waals surface area contributed by atoms with Crippen molar-refractivity contribution >= 4 is 34.5 Å². The molecule has 0 bridgehead atoms. The molecule has 2 nitrogen and oxygen atoms in total. The summed E-state index contributed by atoms with van der Waals surface area (Å²) in [6.07, 6.45) is -0.366. The number of ether oxygens (including phenoxy) is 2. The summed E-state index contributed by atoms with van der Waals surface area (Å²) in [7, 11) is 0. The molecule has 0 aromatic rings. The Morgan fingerprint density at radius 1 is 1.10 bits per heavy atom. The van der Waals surface area contributed by atoms with Gasteiger partial charge >= 0.3 is 0 Å². The largest absolute Gasteiger partial charge is 0.449 e. The first-order valence-corrected chi connectivity index (χ1v) is 3.68. The van der Waals surface area contributed by atoms with Crippen LogP contribution >= 0.6 is 24.4 Å². The topological polar surface area (TPSA) is 18.5 Å². The van der Waals surface area contributed by atoms with Crippen molar-refractivity contribution in [1.29, 1.82) is 0 Å². The fraction of sp³-hybridized carbons (Fsp3) is 0.667. The summed E-state index contributed by atoms with van der Waals surface area (Å²) in [6, 6.07) is 0. The van der Waals surface area contributed by atoms with Crippen LogP contribution in [0.3, 0.4) is 0 Å². The maximum atomic E-state index is 4.98. The number of rotatable bonds is 2. The maximum absolute atomic E-state index is 4.98. The summed E-state index contributed by atoms with van der Waals surface area (Å²) >= 11 is 9.36. The summed E-state index contributed by atoms with van der Waals surface area (Å²) in [5.74, 6) is 0. The SMILES string of the molecule is CC(=S)OC(C)OC(C)=S. The van der Waals surface area contributed by atoms with Crippen LogP contribution in [0.15, 0.2) is 0 Å². The zero-order chi connectivity index (χ0) is 8.15. The van der Waals surface area contributed by atoms with Gasteiger partial charge in [0.15, 0.2) is 10.1 Å². The molecule has 10 heavy (non-hydrogen) atoms. The highest BCUT2D eigenvalue weighted by atomic mass is 32.1. The molecule has 0 radical (unpaired) electrons. The summed E-state index contributed by atoms with van der Waals surface area (Å²) in [4.78, 5) is 0. The summed E-state index contributed by atoms with van der Waals surface area (Å²) in [5, 5.41) is 0.924. The smallest absolute Gasteiger partial charge is 0.239 e. The van der Waals surface area contributed by atoms with Crippen molar-refractivity contribution < 1.29 is 9.47 Å². The van der Waals surface area contributed by atoms with Gasteiger partial charge in [-0.1, -0.05) is 0 Å². The van der Waals surface area contributed by atoms with Gasteiger partial charge in [0.05, 0.1) is 0 Å². The third-order valence-corrected chi connectivity index (χ3v) is 0.856. The molecule has 0 amide bonds. The fourth-order valence-corrected chi connectivity index (χ4v) is 0.763. The molecule has 0 heterocycles. The minimum absolute atomic E-state index is 0.366. The second-order valence-electron chi connectivity index (χ2n) is 1.79. The first kappa shape index (κ1) is 9.78. The molecular formula is C6H10O2S2. The van der Waals surface area contributed by atoms with Crippen molar-refractivity contribution in [1.82, 2.24) is 0 Å². The first-order valence-electron chi connectivity index (χ1n) is 2.87. The lowest BCUT2D eigenvalue weighted by atomic mass is 10.7. The second kappa shape index (κ2) is 4.57.